The molecule has 124 valence electrons. The van der Waals surface area contributed by atoms with Crippen LogP contribution in [0.2, 0.25) is 0 Å². The molecule has 0 bridgehead atoms. The first-order chi connectivity index (χ1) is 10.8. The summed E-state index contributed by atoms with van der Waals surface area (Å²) < 4.78 is 5.18. The van der Waals surface area contributed by atoms with Crippen LogP contribution in [0.1, 0.15) is 26.3 Å². The van der Waals surface area contributed by atoms with Crippen molar-refractivity contribution in [2.24, 2.45) is 0 Å². The van der Waals surface area contributed by atoms with E-state index >= 15 is 0 Å². The van der Waals surface area contributed by atoms with Gasteiger partial charge in [-0.1, -0.05) is 6.07 Å². The lowest BCUT2D eigenvalue weighted by Gasteiger charge is -2.28. The Bertz CT molecular complexity index is 662. The van der Waals surface area contributed by atoms with Crippen LogP contribution in [0.25, 0.3) is 11.5 Å². The van der Waals surface area contributed by atoms with Crippen molar-refractivity contribution in [1.29, 1.82) is 0 Å². The van der Waals surface area contributed by atoms with Crippen LogP contribution in [-0.4, -0.2) is 44.9 Å². The van der Waals surface area contributed by atoms with Crippen molar-refractivity contribution in [2.75, 3.05) is 18.4 Å². The van der Waals surface area contributed by atoms with Gasteiger partial charge in [0.2, 0.25) is 12.3 Å². The molecule has 1 aromatic heterocycles. The molecule has 0 unspecified atom stereocenters. The van der Waals surface area contributed by atoms with Gasteiger partial charge in [0.1, 0.15) is 0 Å². The predicted molar refractivity (Wildman–Crippen MR) is 87.0 cm³/mol. The zero-order valence-electron chi connectivity index (χ0n) is 13.8. The number of hydrogen-bond acceptors (Lipinski definition) is 5. The fraction of sp³-hybridized carbons (Fsp3) is 0.438. The number of aryl methyl sites for hydroxylation is 1. The lowest BCUT2D eigenvalue weighted by Crippen LogP contribution is -2.44. The van der Waals surface area contributed by atoms with Crippen molar-refractivity contribution >= 4 is 11.7 Å². The number of nitrogens with one attached hydrogen (secondary N) is 1. The molecule has 2 amide bonds. The summed E-state index contributed by atoms with van der Waals surface area (Å²) in [6, 6.07) is 5.26. The molecule has 2 aromatic rings. The maximum Gasteiger partial charge on any atom is 0.321 e. The summed E-state index contributed by atoms with van der Waals surface area (Å²) >= 11 is 0. The lowest BCUT2D eigenvalue weighted by molar-refractivity contribution is 0.0501. The van der Waals surface area contributed by atoms with Gasteiger partial charge in [-0.25, -0.2) is 4.79 Å². The molecule has 0 saturated heterocycles. The van der Waals surface area contributed by atoms with Gasteiger partial charge in [-0.2, -0.15) is 0 Å². The summed E-state index contributed by atoms with van der Waals surface area (Å²) in [5, 5.41) is 20.3. The number of amides is 2. The quantitative estimate of drug-likeness (QED) is 0.884. The maximum absolute atomic E-state index is 12.4. The van der Waals surface area contributed by atoms with E-state index in [0.717, 1.165) is 11.1 Å². The highest BCUT2D eigenvalue weighted by Gasteiger charge is 2.21. The zero-order valence-corrected chi connectivity index (χ0v) is 13.8. The van der Waals surface area contributed by atoms with Crippen molar-refractivity contribution in [3.8, 4) is 11.5 Å². The fourth-order valence-electron chi connectivity index (χ4n) is 2.18. The Morgan fingerprint density at radius 1 is 1.43 bits per heavy atom. The molecule has 0 aliphatic rings. The van der Waals surface area contributed by atoms with E-state index in [1.165, 1.54) is 6.39 Å². The lowest BCUT2D eigenvalue weighted by atomic mass is 10.1. The van der Waals surface area contributed by atoms with Crippen molar-refractivity contribution in [3.63, 3.8) is 0 Å². The molecule has 7 nitrogen and oxygen atoms in total. The second kappa shape index (κ2) is 6.78. The van der Waals surface area contributed by atoms with Crippen LogP contribution in [0.4, 0.5) is 10.5 Å². The minimum atomic E-state index is -0.950. The number of benzene rings is 1. The molecule has 0 spiro atoms. The van der Waals surface area contributed by atoms with Gasteiger partial charge >= 0.3 is 6.03 Å². The first kappa shape index (κ1) is 17.0. The van der Waals surface area contributed by atoms with Crippen molar-refractivity contribution in [1.82, 2.24) is 15.1 Å². The number of likely N-dealkylation sites (N-methyl/N-ethyl adjacent to an activating group) is 1. The monoisotopic (exact) mass is 318 g/mol. The highest BCUT2D eigenvalue weighted by atomic mass is 16.4. The van der Waals surface area contributed by atoms with Gasteiger partial charge in [0, 0.05) is 17.8 Å². The highest BCUT2D eigenvalue weighted by Crippen LogP contribution is 2.24. The smallest absolute Gasteiger partial charge is 0.321 e. The Balaban J connectivity index is 2.18. The topological polar surface area (TPSA) is 91.5 Å². The molecule has 0 fully saturated rings. The van der Waals surface area contributed by atoms with Crippen LogP contribution < -0.4 is 5.32 Å². The van der Waals surface area contributed by atoms with Gasteiger partial charge in [-0.3, -0.25) is 0 Å². The number of aliphatic hydroxyl groups is 1. The van der Waals surface area contributed by atoms with Gasteiger partial charge in [0.05, 0.1) is 12.1 Å². The number of hydrogen-bond donors (Lipinski definition) is 2. The van der Waals surface area contributed by atoms with E-state index in [9.17, 15) is 9.90 Å². The Labute approximate surface area is 135 Å². The molecule has 0 radical (unpaired) electrons. The maximum atomic E-state index is 12.4. The third-order valence-electron chi connectivity index (χ3n) is 3.33. The molecular formula is C16H22N4O3. The average Bonchev–Trinajstić information content (AvgIpc) is 3.00. The second-order valence-electron chi connectivity index (χ2n) is 6.03. The van der Waals surface area contributed by atoms with Crippen molar-refractivity contribution in [2.45, 2.75) is 33.3 Å². The largest absolute Gasteiger partial charge is 0.423 e. The summed E-state index contributed by atoms with van der Waals surface area (Å²) in [6.07, 6.45) is 1.26. The molecular weight excluding hydrogens is 296 g/mol. The first-order valence-corrected chi connectivity index (χ1v) is 7.45. The number of carbonyl (C=O) groups is 1. The normalized spacial score (nSPS) is 11.3. The van der Waals surface area contributed by atoms with E-state index in [1.807, 2.05) is 26.0 Å². The summed E-state index contributed by atoms with van der Waals surface area (Å²) in [7, 11) is 0. The van der Waals surface area contributed by atoms with Gasteiger partial charge in [-0.05, 0) is 45.4 Å². The van der Waals surface area contributed by atoms with Crippen LogP contribution in [0.3, 0.4) is 0 Å². The Kier molecular flexibility index (Phi) is 5.00. The van der Waals surface area contributed by atoms with Crippen LogP contribution in [-0.2, 0) is 0 Å². The highest BCUT2D eigenvalue weighted by molar-refractivity contribution is 5.91. The summed E-state index contributed by atoms with van der Waals surface area (Å²) in [5.41, 5.74) is 1.36. The Hall–Kier alpha value is -2.41. The Morgan fingerprint density at radius 2 is 2.17 bits per heavy atom. The van der Waals surface area contributed by atoms with Crippen LogP contribution in [0.5, 0.6) is 0 Å². The van der Waals surface area contributed by atoms with Crippen molar-refractivity contribution < 1.29 is 14.3 Å². The van der Waals surface area contributed by atoms with E-state index < -0.39 is 5.60 Å². The third kappa shape index (κ3) is 4.53. The van der Waals surface area contributed by atoms with E-state index in [1.54, 1.807) is 24.8 Å². The van der Waals surface area contributed by atoms with Crippen LogP contribution >= 0.6 is 0 Å². The summed E-state index contributed by atoms with van der Waals surface area (Å²) in [6.45, 7) is 7.86. The number of urea groups is 1. The molecule has 23 heavy (non-hydrogen) atoms. The molecule has 1 heterocycles. The van der Waals surface area contributed by atoms with Gasteiger partial charge in [0.25, 0.3) is 0 Å². The van der Waals surface area contributed by atoms with Gasteiger partial charge in [0.15, 0.2) is 0 Å². The first-order valence-electron chi connectivity index (χ1n) is 7.45. The number of carbonyl (C=O) groups excluding carboxylic acids is 1. The molecule has 7 heteroatoms. The molecule has 1 aromatic carbocycles. The number of aromatic nitrogens is 2. The zero-order chi connectivity index (χ0) is 17.0. The van der Waals surface area contributed by atoms with Crippen LogP contribution in [0.15, 0.2) is 29.0 Å². The number of nitrogens with zero attached hydrogens (tertiary/aromatic N) is 3. The minimum Gasteiger partial charge on any atom is -0.423 e. The molecule has 0 aliphatic heterocycles. The van der Waals surface area contributed by atoms with Crippen LogP contribution in [0, 0.1) is 6.92 Å². The SMILES string of the molecule is CCN(CC(C)(C)O)C(=O)Nc1cc(-c2nnco2)ccc1C. The molecule has 0 atom stereocenters. The average molecular weight is 318 g/mol. The molecule has 0 saturated carbocycles. The number of anilines is 1. The van der Waals surface area contributed by atoms with E-state index in [-0.39, 0.29) is 12.6 Å². The van der Waals surface area contributed by atoms with E-state index in [2.05, 4.69) is 15.5 Å². The third-order valence-corrected chi connectivity index (χ3v) is 3.33. The number of rotatable bonds is 5. The molecule has 0 aliphatic carbocycles. The minimum absolute atomic E-state index is 0.248. The fourth-order valence-corrected chi connectivity index (χ4v) is 2.18. The Morgan fingerprint density at radius 3 is 2.74 bits per heavy atom. The van der Waals surface area contributed by atoms with E-state index in [4.69, 9.17) is 4.42 Å². The predicted octanol–water partition coefficient (Wildman–Crippen LogP) is 2.67. The standard InChI is InChI=1S/C16H22N4O3/c1-5-20(9-16(3,4)22)15(21)18-13-8-12(7-6-11(13)2)14-19-17-10-23-14/h6-8,10,22H,5,9H2,1-4H3,(H,18,21). The van der Waals surface area contributed by atoms with Gasteiger partial charge in [-0.15, -0.1) is 10.2 Å². The summed E-state index contributed by atoms with van der Waals surface area (Å²) in [4.78, 5) is 14.0. The molecule has 2 rings (SSSR count). The summed E-state index contributed by atoms with van der Waals surface area (Å²) in [5.74, 6) is 0.393. The second-order valence-corrected chi connectivity index (χ2v) is 6.03. The van der Waals surface area contributed by atoms with Crippen molar-refractivity contribution in [3.05, 3.63) is 30.2 Å². The van der Waals surface area contributed by atoms with E-state index in [0.29, 0.717) is 18.1 Å². The van der Waals surface area contributed by atoms with Gasteiger partial charge < -0.3 is 19.7 Å². The molecule has 2 N–H and O–H groups in total.